The highest BCUT2D eigenvalue weighted by Gasteiger charge is 2.42. The second kappa shape index (κ2) is 5.80. The van der Waals surface area contributed by atoms with Crippen LogP contribution in [0.3, 0.4) is 0 Å². The van der Waals surface area contributed by atoms with E-state index in [2.05, 4.69) is 5.32 Å². The normalized spacial score (nSPS) is 31.9. The number of nitrogens with zero attached hydrogens (tertiary/aromatic N) is 1. The highest BCUT2D eigenvalue weighted by Crippen LogP contribution is 2.35. The van der Waals surface area contributed by atoms with Crippen molar-refractivity contribution < 1.29 is 14.6 Å². The van der Waals surface area contributed by atoms with Gasteiger partial charge in [0, 0.05) is 25.7 Å². The number of aliphatic hydroxyl groups is 1. The van der Waals surface area contributed by atoms with Crippen LogP contribution in [0.1, 0.15) is 25.7 Å². The zero-order valence-corrected chi connectivity index (χ0v) is 10.4. The summed E-state index contributed by atoms with van der Waals surface area (Å²) in [5.41, 5.74) is 0. The van der Waals surface area contributed by atoms with Gasteiger partial charge in [0.25, 0.3) is 0 Å². The Hall–Kier alpha value is -0.650. The fourth-order valence-corrected chi connectivity index (χ4v) is 3.02. The molecule has 98 valence electrons. The van der Waals surface area contributed by atoms with Gasteiger partial charge in [-0.3, -0.25) is 4.79 Å². The van der Waals surface area contributed by atoms with E-state index < -0.39 is 0 Å². The summed E-state index contributed by atoms with van der Waals surface area (Å²) >= 11 is 0. The van der Waals surface area contributed by atoms with E-state index >= 15 is 0 Å². The maximum Gasteiger partial charge on any atom is 0.237 e. The molecule has 0 aromatic carbocycles. The predicted molar refractivity (Wildman–Crippen MR) is 63.6 cm³/mol. The zero-order valence-electron chi connectivity index (χ0n) is 10.4. The number of nitrogens with one attached hydrogen (secondary N) is 1. The summed E-state index contributed by atoms with van der Waals surface area (Å²) in [6.07, 6.45) is 3.38. The lowest BCUT2D eigenvalue weighted by Gasteiger charge is -2.37. The molecule has 2 heterocycles. The van der Waals surface area contributed by atoms with Crippen molar-refractivity contribution in [2.75, 3.05) is 26.8 Å². The van der Waals surface area contributed by atoms with Gasteiger partial charge in [0.05, 0.1) is 19.3 Å². The number of carbonyl (C=O) groups is 1. The molecule has 2 aliphatic heterocycles. The predicted octanol–water partition coefficient (Wildman–Crippen LogP) is -0.263. The summed E-state index contributed by atoms with van der Waals surface area (Å²) in [5.74, 6) is 0.167. The summed E-state index contributed by atoms with van der Waals surface area (Å²) in [6.45, 7) is 1.71. The van der Waals surface area contributed by atoms with Crippen molar-refractivity contribution in [1.82, 2.24) is 10.2 Å². The van der Waals surface area contributed by atoms with E-state index in [9.17, 15) is 9.90 Å². The number of ether oxygens (including phenoxy) is 1. The number of rotatable bonds is 5. The van der Waals surface area contributed by atoms with Gasteiger partial charge in [-0.2, -0.15) is 0 Å². The van der Waals surface area contributed by atoms with Gasteiger partial charge in [-0.1, -0.05) is 0 Å². The van der Waals surface area contributed by atoms with Gasteiger partial charge < -0.3 is 20.1 Å². The van der Waals surface area contributed by atoms with Crippen molar-refractivity contribution in [1.29, 1.82) is 0 Å². The monoisotopic (exact) mass is 242 g/mol. The SMILES string of the molecule is COCCNCC(=O)N1C2CCC1CC(O)C2. The average Bonchev–Trinajstić information content (AvgIpc) is 2.57. The number of hydrogen-bond donors (Lipinski definition) is 2. The lowest BCUT2D eigenvalue weighted by molar-refractivity contribution is -0.136. The number of aliphatic hydroxyl groups excluding tert-OH is 1. The van der Waals surface area contributed by atoms with Crippen molar-refractivity contribution in [3.05, 3.63) is 0 Å². The molecule has 2 fully saturated rings. The Kier molecular flexibility index (Phi) is 4.36. The van der Waals surface area contributed by atoms with Gasteiger partial charge >= 0.3 is 0 Å². The minimum atomic E-state index is -0.210. The number of piperidine rings is 1. The highest BCUT2D eigenvalue weighted by molar-refractivity contribution is 5.79. The molecule has 2 unspecified atom stereocenters. The molecule has 0 saturated carbocycles. The highest BCUT2D eigenvalue weighted by atomic mass is 16.5. The summed E-state index contributed by atoms with van der Waals surface area (Å²) in [4.78, 5) is 14.1. The quantitative estimate of drug-likeness (QED) is 0.652. The molecule has 2 rings (SSSR count). The van der Waals surface area contributed by atoms with Crippen LogP contribution in [-0.2, 0) is 9.53 Å². The van der Waals surface area contributed by atoms with E-state index in [4.69, 9.17) is 4.74 Å². The molecule has 0 aromatic heterocycles. The van der Waals surface area contributed by atoms with Crippen LogP contribution in [0.15, 0.2) is 0 Å². The second-order valence-corrected chi connectivity index (χ2v) is 4.98. The lowest BCUT2D eigenvalue weighted by atomic mass is 10.00. The first kappa shape index (κ1) is 12.8. The first-order chi connectivity index (χ1) is 8.22. The van der Waals surface area contributed by atoms with E-state index in [1.54, 1.807) is 7.11 Å². The molecular formula is C12H22N2O3. The maximum atomic E-state index is 12.1. The summed E-state index contributed by atoms with van der Waals surface area (Å²) < 4.78 is 4.92. The smallest absolute Gasteiger partial charge is 0.237 e. The average molecular weight is 242 g/mol. The molecule has 1 amide bonds. The van der Waals surface area contributed by atoms with Crippen LogP contribution in [0.2, 0.25) is 0 Å². The Morgan fingerprint density at radius 2 is 2.06 bits per heavy atom. The third kappa shape index (κ3) is 2.97. The molecule has 2 aliphatic rings. The third-order valence-corrected chi connectivity index (χ3v) is 3.76. The standard InChI is InChI=1S/C12H22N2O3/c1-17-5-4-13-8-12(16)14-9-2-3-10(14)7-11(15)6-9/h9-11,13,15H,2-8H2,1H3. The van der Waals surface area contributed by atoms with E-state index in [0.717, 1.165) is 25.7 Å². The van der Waals surface area contributed by atoms with Crippen LogP contribution in [-0.4, -0.2) is 60.9 Å². The third-order valence-electron chi connectivity index (χ3n) is 3.76. The largest absolute Gasteiger partial charge is 0.393 e. The molecule has 0 aliphatic carbocycles. The fraction of sp³-hybridized carbons (Fsp3) is 0.917. The summed E-state index contributed by atoms with van der Waals surface area (Å²) in [6, 6.07) is 0.529. The minimum Gasteiger partial charge on any atom is -0.393 e. The Morgan fingerprint density at radius 1 is 1.41 bits per heavy atom. The summed E-state index contributed by atoms with van der Waals surface area (Å²) in [5, 5.41) is 12.8. The molecule has 0 aromatic rings. The molecule has 2 saturated heterocycles. The van der Waals surface area contributed by atoms with Crippen molar-refractivity contribution in [2.45, 2.75) is 43.9 Å². The number of methoxy groups -OCH3 is 1. The van der Waals surface area contributed by atoms with E-state index in [1.165, 1.54) is 0 Å². The van der Waals surface area contributed by atoms with Crippen molar-refractivity contribution in [3.8, 4) is 0 Å². The van der Waals surface area contributed by atoms with Crippen LogP contribution in [0, 0.1) is 0 Å². The summed E-state index contributed by atoms with van der Waals surface area (Å²) in [7, 11) is 1.65. The van der Waals surface area contributed by atoms with Crippen LogP contribution < -0.4 is 5.32 Å². The second-order valence-electron chi connectivity index (χ2n) is 4.98. The van der Waals surface area contributed by atoms with E-state index in [1.807, 2.05) is 4.90 Å². The lowest BCUT2D eigenvalue weighted by Crippen LogP contribution is -2.50. The van der Waals surface area contributed by atoms with Crippen molar-refractivity contribution >= 4 is 5.91 Å². The molecule has 17 heavy (non-hydrogen) atoms. The first-order valence-corrected chi connectivity index (χ1v) is 6.41. The van der Waals surface area contributed by atoms with Crippen LogP contribution in [0.5, 0.6) is 0 Å². The van der Waals surface area contributed by atoms with Crippen LogP contribution in [0.25, 0.3) is 0 Å². The van der Waals surface area contributed by atoms with Crippen LogP contribution in [0.4, 0.5) is 0 Å². The van der Waals surface area contributed by atoms with Gasteiger partial charge in [-0.15, -0.1) is 0 Å². The number of carbonyl (C=O) groups excluding carboxylic acids is 1. The molecule has 0 spiro atoms. The minimum absolute atomic E-state index is 0.167. The Labute approximate surface area is 102 Å². The first-order valence-electron chi connectivity index (χ1n) is 6.41. The number of hydrogen-bond acceptors (Lipinski definition) is 4. The number of amides is 1. The number of fused-ring (bicyclic) bond motifs is 2. The van der Waals surface area contributed by atoms with Gasteiger partial charge in [0.15, 0.2) is 0 Å². The van der Waals surface area contributed by atoms with E-state index in [0.29, 0.717) is 19.7 Å². The molecule has 0 radical (unpaired) electrons. The maximum absolute atomic E-state index is 12.1. The Morgan fingerprint density at radius 3 is 2.65 bits per heavy atom. The fourth-order valence-electron chi connectivity index (χ4n) is 3.02. The molecular weight excluding hydrogens is 220 g/mol. The molecule has 5 heteroatoms. The molecule has 2 atom stereocenters. The molecule has 2 bridgehead atoms. The Balaban J connectivity index is 1.80. The zero-order chi connectivity index (χ0) is 12.3. The molecule has 5 nitrogen and oxygen atoms in total. The van der Waals surface area contributed by atoms with E-state index in [-0.39, 0.29) is 24.1 Å². The van der Waals surface area contributed by atoms with Crippen molar-refractivity contribution in [2.24, 2.45) is 0 Å². The van der Waals surface area contributed by atoms with Gasteiger partial charge in [-0.25, -0.2) is 0 Å². The topological polar surface area (TPSA) is 61.8 Å². The van der Waals surface area contributed by atoms with Crippen LogP contribution >= 0.6 is 0 Å². The molecule has 2 N–H and O–H groups in total. The van der Waals surface area contributed by atoms with Gasteiger partial charge in [0.2, 0.25) is 5.91 Å². The van der Waals surface area contributed by atoms with Gasteiger partial charge in [0.1, 0.15) is 0 Å². The van der Waals surface area contributed by atoms with Crippen molar-refractivity contribution in [3.63, 3.8) is 0 Å². The Bertz CT molecular complexity index is 258. The van der Waals surface area contributed by atoms with Gasteiger partial charge in [-0.05, 0) is 25.7 Å².